The fourth-order valence-corrected chi connectivity index (χ4v) is 4.81. The van der Waals surface area contributed by atoms with Gasteiger partial charge in [-0.05, 0) is 55.5 Å². The minimum atomic E-state index is -0.953. The van der Waals surface area contributed by atoms with Crippen molar-refractivity contribution >= 4 is 24.0 Å². The average Bonchev–Trinajstić information content (AvgIpc) is 2.99. The molecule has 2 N–H and O–H groups in total. The van der Waals surface area contributed by atoms with Crippen LogP contribution in [0.15, 0.2) is 91.5 Å². The second kappa shape index (κ2) is 16.3. The van der Waals surface area contributed by atoms with E-state index in [1.54, 1.807) is 31.7 Å². The number of hydrogen-bond donors (Lipinski definition) is 2. The maximum absolute atomic E-state index is 14.5. The van der Waals surface area contributed by atoms with Gasteiger partial charge >= 0.3 is 6.09 Å². The quantitative estimate of drug-likeness (QED) is 0.203. The van der Waals surface area contributed by atoms with Crippen LogP contribution in [0, 0.1) is 0 Å². The molecule has 0 spiro atoms. The summed E-state index contributed by atoms with van der Waals surface area (Å²) >= 11 is 0. The predicted octanol–water partition coefficient (Wildman–Crippen LogP) is 6.84. The van der Waals surface area contributed by atoms with Crippen molar-refractivity contribution in [2.45, 2.75) is 77.6 Å². The highest BCUT2D eigenvalue weighted by Gasteiger charge is 2.36. The molecule has 0 radical (unpaired) electrons. The van der Waals surface area contributed by atoms with Gasteiger partial charge in [0, 0.05) is 19.5 Å². The van der Waals surface area contributed by atoms with Gasteiger partial charge in [-0.15, -0.1) is 0 Å². The maximum Gasteiger partial charge on any atom is 0.408 e. The number of carbonyl (C=O) groups excluding carboxylic acids is 3. The Morgan fingerprint density at radius 2 is 1.56 bits per heavy atom. The van der Waals surface area contributed by atoms with Crippen molar-refractivity contribution in [1.29, 1.82) is 0 Å². The third-order valence-electron chi connectivity index (χ3n) is 6.89. The Labute approximate surface area is 256 Å². The molecule has 3 rings (SSSR count). The van der Waals surface area contributed by atoms with Gasteiger partial charge in [-0.3, -0.25) is 9.59 Å². The number of ether oxygens (including phenoxy) is 1. The number of nitrogens with one attached hydrogen (secondary N) is 2. The topological polar surface area (TPSA) is 87.7 Å². The molecule has 0 aromatic heterocycles. The first-order valence-electron chi connectivity index (χ1n) is 15.0. The minimum absolute atomic E-state index is 0.244. The van der Waals surface area contributed by atoms with Crippen LogP contribution in [0.1, 0.15) is 75.3 Å². The molecular formula is C36H45N3O4. The summed E-state index contributed by atoms with van der Waals surface area (Å²) in [5.41, 5.74) is 2.60. The number of hydrogen-bond acceptors (Lipinski definition) is 4. The molecule has 0 heterocycles. The molecule has 3 aromatic carbocycles. The zero-order chi connectivity index (χ0) is 31.2. The molecule has 43 heavy (non-hydrogen) atoms. The van der Waals surface area contributed by atoms with E-state index >= 15 is 0 Å². The van der Waals surface area contributed by atoms with Gasteiger partial charge in [-0.2, -0.15) is 0 Å². The molecule has 2 unspecified atom stereocenters. The highest BCUT2D eigenvalue weighted by Crippen LogP contribution is 2.26. The highest BCUT2D eigenvalue weighted by molar-refractivity contribution is 5.92. The van der Waals surface area contributed by atoms with Gasteiger partial charge in [0.25, 0.3) is 0 Å². The summed E-state index contributed by atoms with van der Waals surface area (Å²) in [6.07, 6.45) is 3.81. The maximum atomic E-state index is 14.5. The zero-order valence-electron chi connectivity index (χ0n) is 25.8. The van der Waals surface area contributed by atoms with Crippen LogP contribution >= 0.6 is 0 Å². The molecule has 3 aromatic rings. The Bertz CT molecular complexity index is 1340. The fourth-order valence-electron chi connectivity index (χ4n) is 4.81. The molecule has 3 amide bonds. The fraction of sp³-hybridized carbons (Fsp3) is 0.361. The largest absolute Gasteiger partial charge is 0.444 e. The summed E-state index contributed by atoms with van der Waals surface area (Å²) in [6, 6.07) is 24.8. The van der Waals surface area contributed by atoms with Crippen LogP contribution in [-0.4, -0.2) is 41.0 Å². The Morgan fingerprint density at radius 3 is 2.16 bits per heavy atom. The minimum Gasteiger partial charge on any atom is -0.444 e. The lowest BCUT2D eigenvalue weighted by Crippen LogP contribution is -2.54. The Morgan fingerprint density at radius 1 is 0.907 bits per heavy atom. The standard InChI is InChI=1S/C36H45N3O4/c1-6-8-15-23-39(34(41)31(25-28-17-11-9-12-18-28)38-35(42)43-36(3,4)5)32(30-22-16-21-27(7-2)24-30)33(40)37-26-29-19-13-10-14-20-29/h7,9-14,16-22,24,31-32H,2,6,8,15,23,25-26H2,1,3-5H3,(H,37,40)(H,38,42). The molecule has 2 atom stereocenters. The molecule has 0 aliphatic rings. The molecule has 7 heteroatoms. The van der Waals surface area contributed by atoms with Crippen LogP contribution < -0.4 is 10.6 Å². The lowest BCUT2D eigenvalue weighted by Gasteiger charge is -2.35. The Hall–Kier alpha value is -4.39. The van der Waals surface area contributed by atoms with Crippen molar-refractivity contribution in [3.63, 3.8) is 0 Å². The van der Waals surface area contributed by atoms with Crippen LogP contribution in [0.25, 0.3) is 6.08 Å². The lowest BCUT2D eigenvalue weighted by molar-refractivity contribution is -0.142. The molecule has 0 aliphatic heterocycles. The molecule has 0 saturated carbocycles. The van der Waals surface area contributed by atoms with E-state index in [4.69, 9.17) is 4.74 Å². The molecule has 7 nitrogen and oxygen atoms in total. The second-order valence-corrected chi connectivity index (χ2v) is 11.6. The third-order valence-corrected chi connectivity index (χ3v) is 6.89. The monoisotopic (exact) mass is 583 g/mol. The van der Waals surface area contributed by atoms with Crippen molar-refractivity contribution in [3.8, 4) is 0 Å². The van der Waals surface area contributed by atoms with Crippen LogP contribution in [0.5, 0.6) is 0 Å². The van der Waals surface area contributed by atoms with Gasteiger partial charge in [0.05, 0.1) is 0 Å². The molecule has 0 aliphatic carbocycles. The number of unbranched alkanes of at least 4 members (excludes halogenated alkanes) is 2. The summed E-state index contributed by atoms with van der Waals surface area (Å²) in [5.74, 6) is -0.652. The molecule has 0 fully saturated rings. The van der Waals surface area contributed by atoms with Gasteiger partial charge in [0.2, 0.25) is 11.8 Å². The highest BCUT2D eigenvalue weighted by atomic mass is 16.6. The Balaban J connectivity index is 2.04. The summed E-state index contributed by atoms with van der Waals surface area (Å²) in [6.45, 7) is 12.0. The van der Waals surface area contributed by atoms with Crippen LogP contribution in [-0.2, 0) is 27.3 Å². The SMILES string of the molecule is C=Cc1cccc(C(C(=O)NCc2ccccc2)N(CCCCC)C(=O)C(Cc2ccccc2)NC(=O)OC(C)(C)C)c1. The average molecular weight is 584 g/mol. The van der Waals surface area contributed by atoms with Crippen molar-refractivity contribution in [2.75, 3.05) is 6.54 Å². The smallest absolute Gasteiger partial charge is 0.408 e. The number of benzene rings is 3. The van der Waals surface area contributed by atoms with E-state index in [9.17, 15) is 14.4 Å². The van der Waals surface area contributed by atoms with Crippen molar-refractivity contribution in [1.82, 2.24) is 15.5 Å². The third kappa shape index (κ3) is 10.7. The predicted molar refractivity (Wildman–Crippen MR) is 172 cm³/mol. The molecule has 0 saturated heterocycles. The van der Waals surface area contributed by atoms with E-state index in [-0.39, 0.29) is 18.2 Å². The second-order valence-electron chi connectivity index (χ2n) is 11.6. The summed E-state index contributed by atoms with van der Waals surface area (Å²) in [5, 5.41) is 5.87. The van der Waals surface area contributed by atoms with Crippen molar-refractivity contribution in [3.05, 3.63) is 114 Å². The molecular weight excluding hydrogens is 538 g/mol. The number of rotatable bonds is 14. The summed E-state index contributed by atoms with van der Waals surface area (Å²) < 4.78 is 5.53. The first-order valence-corrected chi connectivity index (χ1v) is 15.0. The van der Waals surface area contributed by atoms with Gasteiger partial charge in [0.1, 0.15) is 17.7 Å². The number of alkyl carbamates (subject to hydrolysis) is 1. The van der Waals surface area contributed by atoms with Gasteiger partial charge in [-0.1, -0.05) is 111 Å². The van der Waals surface area contributed by atoms with Gasteiger partial charge in [0.15, 0.2) is 0 Å². The van der Waals surface area contributed by atoms with E-state index in [0.29, 0.717) is 25.1 Å². The van der Waals surface area contributed by atoms with Gasteiger partial charge in [-0.25, -0.2) is 4.79 Å². The zero-order valence-corrected chi connectivity index (χ0v) is 25.8. The van der Waals surface area contributed by atoms with Gasteiger partial charge < -0.3 is 20.3 Å². The van der Waals surface area contributed by atoms with Crippen LogP contribution in [0.4, 0.5) is 4.79 Å². The molecule has 228 valence electrons. The summed E-state index contributed by atoms with van der Waals surface area (Å²) in [7, 11) is 0. The normalized spacial score (nSPS) is 12.5. The first-order chi connectivity index (χ1) is 20.6. The number of nitrogens with zero attached hydrogens (tertiary/aromatic N) is 1. The first kappa shape index (κ1) is 33.1. The number of amides is 3. The van der Waals surface area contributed by atoms with E-state index in [2.05, 4.69) is 24.1 Å². The van der Waals surface area contributed by atoms with E-state index in [1.165, 1.54) is 0 Å². The molecule has 0 bridgehead atoms. The summed E-state index contributed by atoms with van der Waals surface area (Å²) in [4.78, 5) is 43.2. The van der Waals surface area contributed by atoms with Crippen molar-refractivity contribution < 1.29 is 19.1 Å². The Kier molecular flexibility index (Phi) is 12.6. The lowest BCUT2D eigenvalue weighted by atomic mass is 9.98. The van der Waals surface area contributed by atoms with E-state index < -0.39 is 23.8 Å². The van der Waals surface area contributed by atoms with E-state index in [0.717, 1.165) is 29.5 Å². The van der Waals surface area contributed by atoms with Crippen LogP contribution in [0.2, 0.25) is 0 Å². The van der Waals surface area contributed by atoms with E-state index in [1.807, 2.05) is 84.9 Å². The van der Waals surface area contributed by atoms with Crippen molar-refractivity contribution in [2.24, 2.45) is 0 Å². The number of carbonyl (C=O) groups is 3. The van der Waals surface area contributed by atoms with Crippen LogP contribution in [0.3, 0.4) is 0 Å².